The number of furan rings is 1. The second kappa shape index (κ2) is 5.20. The van der Waals surface area contributed by atoms with Gasteiger partial charge in [0.1, 0.15) is 17.7 Å². The summed E-state index contributed by atoms with van der Waals surface area (Å²) < 4.78 is 19.3. The molecule has 20 heavy (non-hydrogen) atoms. The number of rotatable bonds is 2. The van der Waals surface area contributed by atoms with Gasteiger partial charge in [0, 0.05) is 10.9 Å². The van der Waals surface area contributed by atoms with Gasteiger partial charge in [-0.2, -0.15) is 0 Å². The highest BCUT2D eigenvalue weighted by Crippen LogP contribution is 2.35. The molecule has 0 amide bonds. The van der Waals surface area contributed by atoms with Crippen LogP contribution in [0.1, 0.15) is 17.4 Å². The van der Waals surface area contributed by atoms with Crippen LogP contribution in [0, 0.1) is 5.82 Å². The number of halogens is 3. The summed E-state index contributed by atoms with van der Waals surface area (Å²) in [4.78, 5) is 0. The van der Waals surface area contributed by atoms with E-state index in [1.165, 1.54) is 12.1 Å². The van der Waals surface area contributed by atoms with E-state index in [0.717, 1.165) is 5.39 Å². The Morgan fingerprint density at radius 3 is 2.70 bits per heavy atom. The van der Waals surface area contributed by atoms with Crippen LogP contribution in [0.25, 0.3) is 11.0 Å². The molecule has 3 rings (SSSR count). The Balaban J connectivity index is 2.10. The van der Waals surface area contributed by atoms with Gasteiger partial charge >= 0.3 is 0 Å². The highest BCUT2D eigenvalue weighted by Gasteiger charge is 2.20. The molecule has 2 nitrogen and oxygen atoms in total. The summed E-state index contributed by atoms with van der Waals surface area (Å²) in [5.41, 5.74) is 0.913. The first-order valence-electron chi connectivity index (χ1n) is 5.88. The lowest BCUT2D eigenvalue weighted by Gasteiger charge is -2.10. The molecular formula is C15H9BrClFO2. The average molecular weight is 356 g/mol. The lowest BCUT2D eigenvalue weighted by molar-refractivity contribution is 0.191. The molecule has 0 aliphatic heterocycles. The molecule has 0 saturated carbocycles. The largest absolute Gasteiger partial charge is 0.456 e. The third kappa shape index (κ3) is 2.24. The van der Waals surface area contributed by atoms with E-state index in [-0.39, 0.29) is 4.47 Å². The molecule has 1 heterocycles. The fourth-order valence-corrected chi connectivity index (χ4v) is 2.77. The fourth-order valence-electron chi connectivity index (χ4n) is 2.07. The van der Waals surface area contributed by atoms with Crippen LogP contribution >= 0.6 is 27.5 Å². The second-order valence-corrected chi connectivity index (χ2v) is 5.55. The number of hydrogen-bond acceptors (Lipinski definition) is 2. The van der Waals surface area contributed by atoms with Crippen LogP contribution in [-0.2, 0) is 0 Å². The lowest BCUT2D eigenvalue weighted by Crippen LogP contribution is -2.00. The van der Waals surface area contributed by atoms with Crippen LogP contribution in [0.5, 0.6) is 0 Å². The Bertz CT molecular complexity index is 785. The summed E-state index contributed by atoms with van der Waals surface area (Å²) in [6, 6.07) is 11.5. The van der Waals surface area contributed by atoms with E-state index in [2.05, 4.69) is 15.9 Å². The number of para-hydroxylation sites is 1. The zero-order valence-electron chi connectivity index (χ0n) is 10.1. The minimum Gasteiger partial charge on any atom is -0.456 e. The van der Waals surface area contributed by atoms with Crippen molar-refractivity contribution in [3.8, 4) is 0 Å². The number of aliphatic hydroxyl groups is 1. The molecule has 1 atom stereocenters. The highest BCUT2D eigenvalue weighted by atomic mass is 79.9. The summed E-state index contributed by atoms with van der Waals surface area (Å²) in [7, 11) is 0. The summed E-state index contributed by atoms with van der Waals surface area (Å²) in [5, 5.41) is 11.6. The molecule has 0 radical (unpaired) electrons. The van der Waals surface area contributed by atoms with E-state index in [0.29, 0.717) is 21.9 Å². The van der Waals surface area contributed by atoms with Crippen molar-refractivity contribution in [2.45, 2.75) is 6.10 Å². The maximum absolute atomic E-state index is 13.5. The number of aliphatic hydroxyl groups excluding tert-OH is 1. The molecule has 0 fully saturated rings. The second-order valence-electron chi connectivity index (χ2n) is 4.35. The van der Waals surface area contributed by atoms with Crippen molar-refractivity contribution >= 4 is 38.5 Å². The molecule has 5 heteroatoms. The van der Waals surface area contributed by atoms with Gasteiger partial charge in [0.25, 0.3) is 0 Å². The van der Waals surface area contributed by atoms with Crippen LogP contribution in [0.15, 0.2) is 51.4 Å². The van der Waals surface area contributed by atoms with E-state index in [1.54, 1.807) is 24.3 Å². The summed E-state index contributed by atoms with van der Waals surface area (Å²) in [6.45, 7) is 0. The molecule has 0 saturated heterocycles. The Kier molecular flexibility index (Phi) is 3.54. The Hall–Kier alpha value is -1.36. The number of hydrogen-bond donors (Lipinski definition) is 1. The monoisotopic (exact) mass is 354 g/mol. The quantitative estimate of drug-likeness (QED) is 0.696. The average Bonchev–Trinajstić information content (AvgIpc) is 2.87. The van der Waals surface area contributed by atoms with Gasteiger partial charge in [0.05, 0.1) is 9.50 Å². The van der Waals surface area contributed by atoms with Crippen molar-refractivity contribution in [1.29, 1.82) is 0 Å². The Morgan fingerprint density at radius 2 is 1.95 bits per heavy atom. The number of fused-ring (bicyclic) bond motifs is 1. The molecule has 0 bridgehead atoms. The molecule has 1 N–H and O–H groups in total. The van der Waals surface area contributed by atoms with Crippen LogP contribution in [-0.4, -0.2) is 5.11 Å². The van der Waals surface area contributed by atoms with Crippen molar-refractivity contribution in [3.05, 3.63) is 69.1 Å². The van der Waals surface area contributed by atoms with Gasteiger partial charge in [-0.3, -0.25) is 0 Å². The van der Waals surface area contributed by atoms with Gasteiger partial charge in [0.15, 0.2) is 5.58 Å². The van der Waals surface area contributed by atoms with Crippen molar-refractivity contribution in [2.24, 2.45) is 0 Å². The summed E-state index contributed by atoms with van der Waals surface area (Å²) in [6.07, 6.45) is -1.07. The molecule has 0 spiro atoms. The molecular weight excluding hydrogens is 347 g/mol. The van der Waals surface area contributed by atoms with Gasteiger partial charge in [-0.05, 0) is 34.1 Å². The molecule has 0 aliphatic rings. The predicted octanol–water partition coefficient (Wildman–Crippen LogP) is 5.07. The molecule has 1 unspecified atom stereocenters. The van der Waals surface area contributed by atoms with E-state index in [9.17, 15) is 9.50 Å². The minimum atomic E-state index is -1.07. The molecule has 3 aromatic rings. The van der Waals surface area contributed by atoms with Crippen molar-refractivity contribution < 1.29 is 13.9 Å². The van der Waals surface area contributed by atoms with E-state index < -0.39 is 11.9 Å². The standard InChI is InChI=1S/C15H9BrClFO2/c16-13-9(4-2-6-11(13)18)14(19)12-7-8-3-1-5-10(17)15(8)20-12/h1-7,14,19H. The van der Waals surface area contributed by atoms with Gasteiger partial charge in [-0.15, -0.1) is 0 Å². The van der Waals surface area contributed by atoms with Crippen molar-refractivity contribution in [2.75, 3.05) is 0 Å². The third-order valence-corrected chi connectivity index (χ3v) is 4.19. The van der Waals surface area contributed by atoms with Crippen molar-refractivity contribution in [1.82, 2.24) is 0 Å². The fraction of sp³-hybridized carbons (Fsp3) is 0.0667. The minimum absolute atomic E-state index is 0.221. The smallest absolute Gasteiger partial charge is 0.153 e. The first-order valence-corrected chi connectivity index (χ1v) is 7.05. The Labute approximate surface area is 127 Å². The SMILES string of the molecule is OC(c1cc2cccc(Cl)c2o1)c1cccc(F)c1Br. The van der Waals surface area contributed by atoms with E-state index in [4.69, 9.17) is 16.0 Å². The van der Waals surface area contributed by atoms with Crippen LogP contribution in [0.3, 0.4) is 0 Å². The summed E-state index contributed by atoms with van der Waals surface area (Å²) >= 11 is 9.17. The normalized spacial score (nSPS) is 12.8. The van der Waals surface area contributed by atoms with Crippen LogP contribution in [0.2, 0.25) is 5.02 Å². The summed E-state index contributed by atoms with van der Waals surface area (Å²) in [5.74, 6) is -0.116. The maximum atomic E-state index is 13.5. The molecule has 2 aromatic carbocycles. The first kappa shape index (κ1) is 13.6. The molecule has 0 aliphatic carbocycles. The molecule has 1 aromatic heterocycles. The van der Waals surface area contributed by atoms with Crippen LogP contribution in [0.4, 0.5) is 4.39 Å². The maximum Gasteiger partial charge on any atom is 0.153 e. The predicted molar refractivity (Wildman–Crippen MR) is 79.4 cm³/mol. The van der Waals surface area contributed by atoms with Crippen molar-refractivity contribution in [3.63, 3.8) is 0 Å². The molecule has 102 valence electrons. The Morgan fingerprint density at radius 1 is 1.20 bits per heavy atom. The zero-order valence-corrected chi connectivity index (χ0v) is 12.5. The first-order chi connectivity index (χ1) is 9.58. The third-order valence-electron chi connectivity index (χ3n) is 3.06. The lowest BCUT2D eigenvalue weighted by atomic mass is 10.1. The van der Waals surface area contributed by atoms with Gasteiger partial charge in [-0.25, -0.2) is 4.39 Å². The topological polar surface area (TPSA) is 33.4 Å². The van der Waals surface area contributed by atoms with Gasteiger partial charge in [0.2, 0.25) is 0 Å². The number of benzene rings is 2. The highest BCUT2D eigenvalue weighted by molar-refractivity contribution is 9.10. The van der Waals surface area contributed by atoms with Gasteiger partial charge in [-0.1, -0.05) is 35.9 Å². The van der Waals surface area contributed by atoms with E-state index in [1.807, 2.05) is 6.07 Å². The zero-order chi connectivity index (χ0) is 14.3. The van der Waals surface area contributed by atoms with Crippen LogP contribution < -0.4 is 0 Å². The van der Waals surface area contributed by atoms with E-state index >= 15 is 0 Å². The van der Waals surface area contributed by atoms with Gasteiger partial charge < -0.3 is 9.52 Å².